The van der Waals surface area contributed by atoms with Crippen LogP contribution in [0.25, 0.3) is 0 Å². The number of benzene rings is 1. The van der Waals surface area contributed by atoms with Crippen LogP contribution < -0.4 is 5.73 Å². The Hall–Kier alpha value is -0.580. The number of nitrogens with two attached hydrogens (primary N) is 1. The zero-order chi connectivity index (χ0) is 12.0. The highest BCUT2D eigenvalue weighted by Crippen LogP contribution is 2.27. The molecule has 1 unspecified atom stereocenters. The van der Waals surface area contributed by atoms with Crippen LogP contribution in [0.15, 0.2) is 23.1 Å². The van der Waals surface area contributed by atoms with E-state index in [-0.39, 0.29) is 11.9 Å². The molecule has 2 nitrogen and oxygen atoms in total. The molecule has 0 spiro atoms. The molecule has 1 aromatic carbocycles. The number of rotatable bonds is 6. The number of hydrogen-bond donors (Lipinski definition) is 1. The third kappa shape index (κ3) is 4.12. The summed E-state index contributed by atoms with van der Waals surface area (Å²) in [6, 6.07) is 4.65. The molecule has 0 saturated carbocycles. The molecule has 2 N–H and O–H groups in total. The van der Waals surface area contributed by atoms with Crippen LogP contribution in [0.2, 0.25) is 0 Å². The van der Waals surface area contributed by atoms with Gasteiger partial charge >= 0.3 is 0 Å². The van der Waals surface area contributed by atoms with E-state index in [0.717, 1.165) is 29.2 Å². The second-order valence-corrected chi connectivity index (χ2v) is 4.80. The Morgan fingerprint density at radius 1 is 1.50 bits per heavy atom. The second-order valence-electron chi connectivity index (χ2n) is 3.67. The van der Waals surface area contributed by atoms with Crippen molar-refractivity contribution in [3.63, 3.8) is 0 Å². The standard InChI is InChI=1S/C12H18FNOS/c1-9(14)11-8-10(13)4-5-12(11)16-7-3-6-15-2/h4-5,8-9H,3,6-7,14H2,1-2H3. The first kappa shape index (κ1) is 13.5. The van der Waals surface area contributed by atoms with Crippen molar-refractivity contribution in [2.45, 2.75) is 24.3 Å². The largest absolute Gasteiger partial charge is 0.385 e. The number of ether oxygens (including phenoxy) is 1. The van der Waals surface area contributed by atoms with Crippen molar-refractivity contribution in [3.05, 3.63) is 29.6 Å². The number of methoxy groups -OCH3 is 1. The normalized spacial score (nSPS) is 12.8. The number of halogens is 1. The molecule has 0 aliphatic heterocycles. The Kier molecular flexibility index (Phi) is 5.80. The maximum Gasteiger partial charge on any atom is 0.123 e. The average molecular weight is 243 g/mol. The van der Waals surface area contributed by atoms with E-state index in [4.69, 9.17) is 10.5 Å². The lowest BCUT2D eigenvalue weighted by Crippen LogP contribution is -2.07. The zero-order valence-corrected chi connectivity index (χ0v) is 10.5. The van der Waals surface area contributed by atoms with Gasteiger partial charge < -0.3 is 10.5 Å². The summed E-state index contributed by atoms with van der Waals surface area (Å²) in [6.07, 6.45) is 0.983. The minimum absolute atomic E-state index is 0.138. The van der Waals surface area contributed by atoms with Crippen LogP contribution in [-0.4, -0.2) is 19.5 Å². The highest BCUT2D eigenvalue weighted by molar-refractivity contribution is 7.99. The molecule has 1 atom stereocenters. The van der Waals surface area contributed by atoms with Crippen LogP contribution in [0.5, 0.6) is 0 Å². The van der Waals surface area contributed by atoms with Crippen molar-refractivity contribution >= 4 is 11.8 Å². The van der Waals surface area contributed by atoms with E-state index in [1.165, 1.54) is 12.1 Å². The van der Waals surface area contributed by atoms with Gasteiger partial charge in [0.25, 0.3) is 0 Å². The van der Waals surface area contributed by atoms with E-state index in [9.17, 15) is 4.39 Å². The minimum Gasteiger partial charge on any atom is -0.385 e. The van der Waals surface area contributed by atoms with E-state index >= 15 is 0 Å². The molecule has 0 aromatic heterocycles. The van der Waals surface area contributed by atoms with Gasteiger partial charge in [-0.2, -0.15) is 0 Å². The lowest BCUT2D eigenvalue weighted by atomic mass is 10.1. The molecule has 0 saturated heterocycles. The van der Waals surface area contributed by atoms with Crippen molar-refractivity contribution in [1.29, 1.82) is 0 Å². The van der Waals surface area contributed by atoms with Gasteiger partial charge in [0, 0.05) is 30.4 Å². The maximum absolute atomic E-state index is 13.1. The molecule has 1 aromatic rings. The van der Waals surface area contributed by atoms with Gasteiger partial charge in [-0.3, -0.25) is 0 Å². The SMILES string of the molecule is COCCCSc1ccc(F)cc1C(C)N. The van der Waals surface area contributed by atoms with Crippen molar-refractivity contribution < 1.29 is 9.13 Å². The Bertz CT molecular complexity index is 331. The summed E-state index contributed by atoms with van der Waals surface area (Å²) in [5, 5.41) is 0. The molecular formula is C12H18FNOS. The molecule has 16 heavy (non-hydrogen) atoms. The summed E-state index contributed by atoms with van der Waals surface area (Å²) in [7, 11) is 1.69. The first-order valence-corrected chi connectivity index (χ1v) is 6.30. The third-order valence-electron chi connectivity index (χ3n) is 2.21. The van der Waals surface area contributed by atoms with E-state index < -0.39 is 0 Å². The van der Waals surface area contributed by atoms with E-state index in [0.29, 0.717) is 0 Å². The van der Waals surface area contributed by atoms with E-state index in [1.54, 1.807) is 24.9 Å². The van der Waals surface area contributed by atoms with E-state index in [2.05, 4.69) is 0 Å². The molecular weight excluding hydrogens is 225 g/mol. The fourth-order valence-corrected chi connectivity index (χ4v) is 2.45. The number of hydrogen-bond acceptors (Lipinski definition) is 3. The van der Waals surface area contributed by atoms with Gasteiger partial charge in [-0.1, -0.05) is 0 Å². The molecule has 90 valence electrons. The van der Waals surface area contributed by atoms with Crippen LogP contribution in [0.4, 0.5) is 4.39 Å². The summed E-state index contributed by atoms with van der Waals surface area (Å²) in [4.78, 5) is 1.06. The smallest absolute Gasteiger partial charge is 0.123 e. The van der Waals surface area contributed by atoms with Crippen molar-refractivity contribution in [2.75, 3.05) is 19.5 Å². The summed E-state index contributed by atoms with van der Waals surface area (Å²) in [5.41, 5.74) is 6.69. The van der Waals surface area contributed by atoms with Gasteiger partial charge in [-0.25, -0.2) is 4.39 Å². The summed E-state index contributed by atoms with van der Waals surface area (Å²) < 4.78 is 18.0. The van der Waals surface area contributed by atoms with Gasteiger partial charge in [0.15, 0.2) is 0 Å². The fourth-order valence-electron chi connectivity index (χ4n) is 1.39. The van der Waals surface area contributed by atoms with Gasteiger partial charge in [0.1, 0.15) is 5.82 Å². The molecule has 0 amide bonds. The van der Waals surface area contributed by atoms with Crippen molar-refractivity contribution in [3.8, 4) is 0 Å². The maximum atomic E-state index is 13.1. The molecule has 0 fully saturated rings. The fraction of sp³-hybridized carbons (Fsp3) is 0.500. The first-order valence-electron chi connectivity index (χ1n) is 5.32. The van der Waals surface area contributed by atoms with Crippen LogP contribution in [0, 0.1) is 5.82 Å². The van der Waals surface area contributed by atoms with Gasteiger partial charge in [0.2, 0.25) is 0 Å². The Labute approximate surface area is 100 Å². The molecule has 4 heteroatoms. The van der Waals surface area contributed by atoms with Crippen LogP contribution in [0.1, 0.15) is 24.9 Å². The highest BCUT2D eigenvalue weighted by Gasteiger charge is 2.08. The van der Waals surface area contributed by atoms with Crippen molar-refractivity contribution in [1.82, 2.24) is 0 Å². The Morgan fingerprint density at radius 3 is 2.88 bits per heavy atom. The lowest BCUT2D eigenvalue weighted by Gasteiger charge is -2.12. The quantitative estimate of drug-likeness (QED) is 0.616. The van der Waals surface area contributed by atoms with Crippen molar-refractivity contribution in [2.24, 2.45) is 5.73 Å². The van der Waals surface area contributed by atoms with Gasteiger partial charge in [0.05, 0.1) is 0 Å². The predicted molar refractivity (Wildman–Crippen MR) is 66.2 cm³/mol. The molecule has 0 bridgehead atoms. The zero-order valence-electron chi connectivity index (χ0n) is 9.70. The monoisotopic (exact) mass is 243 g/mol. The van der Waals surface area contributed by atoms with Crippen LogP contribution in [0.3, 0.4) is 0 Å². The second kappa shape index (κ2) is 6.89. The van der Waals surface area contributed by atoms with Gasteiger partial charge in [-0.15, -0.1) is 11.8 Å². The molecule has 1 rings (SSSR count). The van der Waals surface area contributed by atoms with Gasteiger partial charge in [-0.05, 0) is 37.1 Å². The highest BCUT2D eigenvalue weighted by atomic mass is 32.2. The number of thioether (sulfide) groups is 1. The Balaban J connectivity index is 2.64. The molecule has 0 aliphatic carbocycles. The molecule has 0 radical (unpaired) electrons. The summed E-state index contributed by atoms with van der Waals surface area (Å²) >= 11 is 1.70. The average Bonchev–Trinajstić information content (AvgIpc) is 2.26. The molecule has 0 aliphatic rings. The van der Waals surface area contributed by atoms with Crippen LogP contribution >= 0.6 is 11.8 Å². The topological polar surface area (TPSA) is 35.2 Å². The van der Waals surface area contributed by atoms with Crippen LogP contribution in [-0.2, 0) is 4.74 Å². The minimum atomic E-state index is -0.228. The molecule has 0 heterocycles. The third-order valence-corrected chi connectivity index (χ3v) is 3.39. The van der Waals surface area contributed by atoms with E-state index in [1.807, 2.05) is 6.92 Å². The summed E-state index contributed by atoms with van der Waals surface area (Å²) in [5.74, 6) is 0.729. The first-order chi connectivity index (χ1) is 7.65. The predicted octanol–water partition coefficient (Wildman–Crippen LogP) is 2.97. The lowest BCUT2D eigenvalue weighted by molar-refractivity contribution is 0.200. The Morgan fingerprint density at radius 2 is 2.25 bits per heavy atom. The summed E-state index contributed by atoms with van der Waals surface area (Å²) in [6.45, 7) is 2.62.